The van der Waals surface area contributed by atoms with Crippen LogP contribution in [0.15, 0.2) is 48.5 Å². The Morgan fingerprint density at radius 3 is 2.86 bits per heavy atom. The van der Waals surface area contributed by atoms with Crippen LogP contribution in [0.4, 0.5) is 0 Å². The summed E-state index contributed by atoms with van der Waals surface area (Å²) in [5, 5.41) is 3.31. The van der Waals surface area contributed by atoms with Crippen molar-refractivity contribution in [3.05, 3.63) is 70.8 Å². The van der Waals surface area contributed by atoms with Gasteiger partial charge in [0.15, 0.2) is 0 Å². The van der Waals surface area contributed by atoms with Crippen LogP contribution >= 0.6 is 0 Å². The lowest BCUT2D eigenvalue weighted by molar-refractivity contribution is 0.0232. The Hall–Kier alpha value is -2.17. The van der Waals surface area contributed by atoms with E-state index in [0.717, 1.165) is 30.6 Å². The van der Waals surface area contributed by atoms with Crippen molar-refractivity contribution in [1.82, 2.24) is 10.8 Å². The van der Waals surface area contributed by atoms with Gasteiger partial charge in [0.2, 0.25) is 0 Å². The van der Waals surface area contributed by atoms with Gasteiger partial charge in [-0.15, -0.1) is 0 Å². The average Bonchev–Trinajstić information content (AvgIpc) is 2.55. The maximum atomic E-state index is 12.3. The highest BCUT2D eigenvalue weighted by Crippen LogP contribution is 2.18. The summed E-state index contributed by atoms with van der Waals surface area (Å²) < 4.78 is 0. The highest BCUT2D eigenvalue weighted by Gasteiger charge is 2.17. The van der Waals surface area contributed by atoms with Gasteiger partial charge in [-0.25, -0.2) is 5.48 Å². The van der Waals surface area contributed by atoms with Crippen molar-refractivity contribution in [2.24, 2.45) is 0 Å². The lowest BCUT2D eigenvalue weighted by atomic mass is 9.95. The molecule has 0 saturated carbocycles. The minimum absolute atomic E-state index is 0.176. The lowest BCUT2D eigenvalue weighted by Gasteiger charge is -2.19. The van der Waals surface area contributed by atoms with Crippen molar-refractivity contribution in [1.29, 1.82) is 0 Å². The summed E-state index contributed by atoms with van der Waals surface area (Å²) in [6.07, 6.45) is 0.873. The number of nitrogens with one attached hydrogen (secondary N) is 2. The third-order valence-electron chi connectivity index (χ3n) is 3.63. The molecule has 2 aromatic rings. The number of hydrogen-bond acceptors (Lipinski definition) is 3. The van der Waals surface area contributed by atoms with Crippen LogP contribution in [0.2, 0.25) is 0 Å². The molecule has 0 fully saturated rings. The average molecular weight is 282 g/mol. The molecular weight excluding hydrogens is 264 g/mol. The van der Waals surface area contributed by atoms with Gasteiger partial charge in [0.25, 0.3) is 5.91 Å². The number of amides is 1. The number of carbonyl (C=O) groups excluding carboxylic acids is 1. The SMILES string of the molecule is O=C(NOCc1ccccc1)c1cccc2c1CCNC2. The molecule has 4 heteroatoms. The summed E-state index contributed by atoms with van der Waals surface area (Å²) in [7, 11) is 0. The van der Waals surface area contributed by atoms with Gasteiger partial charge in [0, 0.05) is 12.1 Å². The lowest BCUT2D eigenvalue weighted by Crippen LogP contribution is -2.29. The maximum Gasteiger partial charge on any atom is 0.275 e. The monoisotopic (exact) mass is 282 g/mol. The van der Waals surface area contributed by atoms with Crippen molar-refractivity contribution in [3.8, 4) is 0 Å². The molecule has 0 unspecified atom stereocenters. The van der Waals surface area contributed by atoms with E-state index in [9.17, 15) is 4.79 Å². The van der Waals surface area contributed by atoms with Crippen molar-refractivity contribution in [2.75, 3.05) is 6.54 Å². The Morgan fingerprint density at radius 2 is 2.00 bits per heavy atom. The Morgan fingerprint density at radius 1 is 1.14 bits per heavy atom. The molecule has 1 amide bonds. The summed E-state index contributed by atoms with van der Waals surface area (Å²) in [5.74, 6) is -0.176. The summed E-state index contributed by atoms with van der Waals surface area (Å²) in [6, 6.07) is 15.6. The minimum atomic E-state index is -0.176. The van der Waals surface area contributed by atoms with Gasteiger partial charge in [0.1, 0.15) is 0 Å². The number of carbonyl (C=O) groups is 1. The molecule has 0 radical (unpaired) electrons. The van der Waals surface area contributed by atoms with Crippen LogP contribution in [0.1, 0.15) is 27.0 Å². The van der Waals surface area contributed by atoms with E-state index in [2.05, 4.69) is 16.9 Å². The zero-order valence-corrected chi connectivity index (χ0v) is 11.8. The number of rotatable bonds is 4. The van der Waals surface area contributed by atoms with Gasteiger partial charge in [-0.1, -0.05) is 42.5 Å². The predicted molar refractivity (Wildman–Crippen MR) is 80.5 cm³/mol. The Labute approximate surface area is 124 Å². The van der Waals surface area contributed by atoms with Crippen molar-refractivity contribution in [3.63, 3.8) is 0 Å². The van der Waals surface area contributed by atoms with E-state index in [1.54, 1.807) is 0 Å². The fourth-order valence-electron chi connectivity index (χ4n) is 2.56. The third kappa shape index (κ3) is 3.29. The largest absolute Gasteiger partial charge is 0.312 e. The van der Waals surface area contributed by atoms with Crippen LogP contribution < -0.4 is 10.8 Å². The number of benzene rings is 2. The summed E-state index contributed by atoms with van der Waals surface area (Å²) in [6.45, 7) is 2.09. The van der Waals surface area contributed by atoms with Gasteiger partial charge in [-0.2, -0.15) is 0 Å². The van der Waals surface area contributed by atoms with Crippen LogP contribution in [0.25, 0.3) is 0 Å². The van der Waals surface area contributed by atoms with E-state index in [1.165, 1.54) is 5.56 Å². The summed E-state index contributed by atoms with van der Waals surface area (Å²) >= 11 is 0. The molecule has 21 heavy (non-hydrogen) atoms. The highest BCUT2D eigenvalue weighted by atomic mass is 16.6. The molecular formula is C17H18N2O2. The molecule has 2 N–H and O–H groups in total. The first-order chi connectivity index (χ1) is 10.3. The van der Waals surface area contributed by atoms with Crippen LogP contribution in [0, 0.1) is 0 Å². The third-order valence-corrected chi connectivity index (χ3v) is 3.63. The van der Waals surface area contributed by atoms with Gasteiger partial charge in [-0.3, -0.25) is 9.63 Å². The molecule has 0 atom stereocenters. The smallest absolute Gasteiger partial charge is 0.275 e. The molecule has 0 aromatic heterocycles. The first-order valence-electron chi connectivity index (χ1n) is 7.12. The fourth-order valence-corrected chi connectivity index (χ4v) is 2.56. The molecule has 2 aromatic carbocycles. The number of hydroxylamine groups is 1. The zero-order valence-electron chi connectivity index (χ0n) is 11.8. The standard InChI is InChI=1S/C17H18N2O2/c20-17(19-21-12-13-5-2-1-3-6-13)16-8-4-7-14-11-18-10-9-15(14)16/h1-8,18H,9-12H2,(H,19,20). The first-order valence-corrected chi connectivity index (χ1v) is 7.12. The molecule has 0 spiro atoms. The second-order valence-corrected chi connectivity index (χ2v) is 5.08. The van der Waals surface area contributed by atoms with Crippen molar-refractivity contribution >= 4 is 5.91 Å². The van der Waals surface area contributed by atoms with Gasteiger partial charge < -0.3 is 5.32 Å². The van der Waals surface area contributed by atoms with Crippen LogP contribution in [-0.2, 0) is 24.4 Å². The molecule has 1 aliphatic heterocycles. The second-order valence-electron chi connectivity index (χ2n) is 5.08. The summed E-state index contributed by atoms with van der Waals surface area (Å²) in [4.78, 5) is 17.6. The predicted octanol–water partition coefficient (Wildman–Crippen LogP) is 2.19. The fraction of sp³-hybridized carbons (Fsp3) is 0.235. The van der Waals surface area contributed by atoms with E-state index in [4.69, 9.17) is 4.84 Å². The van der Waals surface area contributed by atoms with E-state index in [1.807, 2.05) is 42.5 Å². The number of fused-ring (bicyclic) bond motifs is 1. The topological polar surface area (TPSA) is 50.4 Å². The van der Waals surface area contributed by atoms with E-state index in [-0.39, 0.29) is 5.91 Å². The molecule has 0 bridgehead atoms. The zero-order chi connectivity index (χ0) is 14.5. The van der Waals surface area contributed by atoms with E-state index >= 15 is 0 Å². The first kappa shape index (κ1) is 13.8. The Balaban J connectivity index is 1.63. The Kier molecular flexibility index (Phi) is 4.28. The summed E-state index contributed by atoms with van der Waals surface area (Å²) in [5.41, 5.74) is 6.59. The van der Waals surface area contributed by atoms with E-state index in [0.29, 0.717) is 12.2 Å². The van der Waals surface area contributed by atoms with Gasteiger partial charge in [0.05, 0.1) is 6.61 Å². The van der Waals surface area contributed by atoms with Crippen molar-refractivity contribution < 1.29 is 9.63 Å². The van der Waals surface area contributed by atoms with Crippen LogP contribution in [0.3, 0.4) is 0 Å². The minimum Gasteiger partial charge on any atom is -0.312 e. The quantitative estimate of drug-likeness (QED) is 0.845. The van der Waals surface area contributed by atoms with Crippen LogP contribution in [-0.4, -0.2) is 12.5 Å². The maximum absolute atomic E-state index is 12.3. The molecule has 1 heterocycles. The molecule has 4 nitrogen and oxygen atoms in total. The van der Waals surface area contributed by atoms with Crippen LogP contribution in [0.5, 0.6) is 0 Å². The highest BCUT2D eigenvalue weighted by molar-refractivity contribution is 5.95. The van der Waals surface area contributed by atoms with Gasteiger partial charge >= 0.3 is 0 Å². The Bertz CT molecular complexity index is 626. The molecule has 0 saturated heterocycles. The van der Waals surface area contributed by atoms with E-state index < -0.39 is 0 Å². The second kappa shape index (κ2) is 6.52. The van der Waals surface area contributed by atoms with Crippen molar-refractivity contribution in [2.45, 2.75) is 19.6 Å². The van der Waals surface area contributed by atoms with Gasteiger partial charge in [-0.05, 0) is 35.7 Å². The normalized spacial score (nSPS) is 13.5. The molecule has 1 aliphatic rings. The molecule has 0 aliphatic carbocycles. The molecule has 108 valence electrons. The number of hydrogen-bond donors (Lipinski definition) is 2. The molecule has 3 rings (SSSR count).